The standard InChI is InChI=1S/C23H24O2S/c1-18-8-10-19(11-9-18)6-3-2-4-14-25-22-13-12-20(17-24)16-21(22)23-7-5-15-26-23/h5,7-13,15-17H,2-4,6,14H2,1H3. The largest absolute Gasteiger partial charge is 0.493 e. The number of ether oxygens (including phenoxy) is 1. The molecule has 0 N–H and O–H groups in total. The highest BCUT2D eigenvalue weighted by atomic mass is 32.1. The lowest BCUT2D eigenvalue weighted by Gasteiger charge is -2.11. The van der Waals surface area contributed by atoms with Gasteiger partial charge in [-0.3, -0.25) is 4.79 Å². The molecule has 3 aromatic rings. The molecule has 0 radical (unpaired) electrons. The van der Waals surface area contributed by atoms with Gasteiger partial charge in [0.25, 0.3) is 0 Å². The van der Waals surface area contributed by atoms with Gasteiger partial charge in [0.05, 0.1) is 6.61 Å². The van der Waals surface area contributed by atoms with Crippen LogP contribution in [0.15, 0.2) is 60.0 Å². The van der Waals surface area contributed by atoms with Crippen LogP contribution < -0.4 is 4.74 Å². The summed E-state index contributed by atoms with van der Waals surface area (Å²) < 4.78 is 6.02. The Bertz CT molecular complexity index is 820. The van der Waals surface area contributed by atoms with E-state index >= 15 is 0 Å². The topological polar surface area (TPSA) is 26.3 Å². The van der Waals surface area contributed by atoms with Gasteiger partial charge in [0, 0.05) is 16.0 Å². The predicted octanol–water partition coefficient (Wildman–Crippen LogP) is 6.33. The summed E-state index contributed by atoms with van der Waals surface area (Å²) >= 11 is 1.66. The van der Waals surface area contributed by atoms with Gasteiger partial charge in [-0.25, -0.2) is 0 Å². The lowest BCUT2D eigenvalue weighted by Crippen LogP contribution is -1.99. The third kappa shape index (κ3) is 5.06. The number of aldehydes is 1. The van der Waals surface area contributed by atoms with Crippen LogP contribution in [0.1, 0.15) is 40.7 Å². The first-order valence-corrected chi connectivity index (χ1v) is 9.95. The maximum atomic E-state index is 11.1. The molecule has 134 valence electrons. The molecule has 26 heavy (non-hydrogen) atoms. The van der Waals surface area contributed by atoms with Crippen molar-refractivity contribution in [3.63, 3.8) is 0 Å². The summed E-state index contributed by atoms with van der Waals surface area (Å²) in [6, 6.07) is 18.5. The molecule has 0 aliphatic carbocycles. The minimum Gasteiger partial charge on any atom is -0.493 e. The van der Waals surface area contributed by atoms with Crippen LogP contribution in [0.2, 0.25) is 0 Å². The molecule has 0 spiro atoms. The molecule has 0 atom stereocenters. The second-order valence-electron chi connectivity index (χ2n) is 6.50. The van der Waals surface area contributed by atoms with Crippen molar-refractivity contribution in [1.29, 1.82) is 0 Å². The minimum atomic E-state index is 0.679. The van der Waals surface area contributed by atoms with Gasteiger partial charge >= 0.3 is 0 Å². The molecule has 0 unspecified atom stereocenters. The predicted molar refractivity (Wildman–Crippen MR) is 109 cm³/mol. The summed E-state index contributed by atoms with van der Waals surface area (Å²) in [5.74, 6) is 0.858. The van der Waals surface area contributed by atoms with Crippen molar-refractivity contribution in [3.8, 4) is 16.2 Å². The van der Waals surface area contributed by atoms with Gasteiger partial charge in [-0.1, -0.05) is 35.9 Å². The zero-order valence-corrected chi connectivity index (χ0v) is 15.9. The Kier molecular flexibility index (Phi) is 6.62. The molecule has 2 nitrogen and oxygen atoms in total. The van der Waals surface area contributed by atoms with Crippen molar-refractivity contribution in [1.82, 2.24) is 0 Å². The Hall–Kier alpha value is -2.39. The first-order valence-electron chi connectivity index (χ1n) is 9.08. The molecule has 0 bridgehead atoms. The van der Waals surface area contributed by atoms with Crippen LogP contribution in [0.5, 0.6) is 5.75 Å². The van der Waals surface area contributed by atoms with E-state index in [9.17, 15) is 4.79 Å². The van der Waals surface area contributed by atoms with Crippen LogP contribution in [-0.4, -0.2) is 12.9 Å². The SMILES string of the molecule is Cc1ccc(CCCCCOc2ccc(C=O)cc2-c2cccs2)cc1. The summed E-state index contributed by atoms with van der Waals surface area (Å²) in [5.41, 5.74) is 4.40. The smallest absolute Gasteiger partial charge is 0.150 e. The van der Waals surface area contributed by atoms with Crippen molar-refractivity contribution < 1.29 is 9.53 Å². The Labute approximate surface area is 159 Å². The monoisotopic (exact) mass is 364 g/mol. The van der Waals surface area contributed by atoms with Crippen molar-refractivity contribution in [2.75, 3.05) is 6.61 Å². The average molecular weight is 365 g/mol. The van der Waals surface area contributed by atoms with E-state index in [1.165, 1.54) is 17.5 Å². The van der Waals surface area contributed by atoms with Crippen LogP contribution in [0, 0.1) is 6.92 Å². The summed E-state index contributed by atoms with van der Waals surface area (Å²) in [4.78, 5) is 12.2. The Morgan fingerprint density at radius 3 is 2.58 bits per heavy atom. The fourth-order valence-corrected chi connectivity index (χ4v) is 3.66. The molecule has 1 aromatic heterocycles. The third-order valence-electron chi connectivity index (χ3n) is 4.41. The number of aryl methyl sites for hydroxylation is 2. The maximum Gasteiger partial charge on any atom is 0.150 e. The van der Waals surface area contributed by atoms with Gasteiger partial charge in [-0.15, -0.1) is 11.3 Å². The normalized spacial score (nSPS) is 10.7. The van der Waals surface area contributed by atoms with Crippen LogP contribution >= 0.6 is 11.3 Å². The van der Waals surface area contributed by atoms with Crippen molar-refractivity contribution in [2.24, 2.45) is 0 Å². The van der Waals surface area contributed by atoms with Crippen molar-refractivity contribution >= 4 is 17.6 Å². The number of hydrogen-bond acceptors (Lipinski definition) is 3. The van der Waals surface area contributed by atoms with E-state index in [2.05, 4.69) is 37.3 Å². The second-order valence-corrected chi connectivity index (χ2v) is 7.44. The minimum absolute atomic E-state index is 0.679. The number of benzene rings is 2. The number of hydrogen-bond donors (Lipinski definition) is 0. The zero-order valence-electron chi connectivity index (χ0n) is 15.1. The molecule has 0 aliphatic rings. The number of carbonyl (C=O) groups excluding carboxylic acids is 1. The highest BCUT2D eigenvalue weighted by molar-refractivity contribution is 7.13. The van der Waals surface area contributed by atoms with E-state index in [0.29, 0.717) is 12.2 Å². The van der Waals surface area contributed by atoms with E-state index < -0.39 is 0 Å². The Balaban J connectivity index is 1.49. The average Bonchev–Trinajstić information content (AvgIpc) is 3.20. The van der Waals surface area contributed by atoms with E-state index in [1.807, 2.05) is 29.6 Å². The fraction of sp³-hybridized carbons (Fsp3) is 0.261. The summed E-state index contributed by atoms with van der Waals surface area (Å²) in [7, 11) is 0. The first kappa shape index (κ1) is 18.4. The molecular weight excluding hydrogens is 340 g/mol. The Morgan fingerprint density at radius 2 is 1.85 bits per heavy atom. The Morgan fingerprint density at radius 1 is 1.00 bits per heavy atom. The fourth-order valence-electron chi connectivity index (χ4n) is 2.92. The second kappa shape index (κ2) is 9.35. The highest BCUT2D eigenvalue weighted by Gasteiger charge is 2.09. The first-order chi connectivity index (χ1) is 12.8. The van der Waals surface area contributed by atoms with Crippen LogP contribution in [-0.2, 0) is 6.42 Å². The molecule has 3 rings (SSSR count). The van der Waals surface area contributed by atoms with Gasteiger partial charge in [0.15, 0.2) is 0 Å². The summed E-state index contributed by atoms with van der Waals surface area (Å²) in [5, 5.41) is 2.04. The molecule has 0 saturated carbocycles. The third-order valence-corrected chi connectivity index (χ3v) is 5.32. The molecular formula is C23H24O2S. The van der Waals surface area contributed by atoms with Gasteiger partial charge < -0.3 is 4.74 Å². The summed E-state index contributed by atoms with van der Waals surface area (Å²) in [6.07, 6.45) is 5.36. The van der Waals surface area contributed by atoms with Crippen LogP contribution in [0.3, 0.4) is 0 Å². The molecule has 0 amide bonds. The highest BCUT2D eigenvalue weighted by Crippen LogP contribution is 2.34. The van der Waals surface area contributed by atoms with Gasteiger partial charge in [0.1, 0.15) is 12.0 Å². The number of rotatable bonds is 9. The maximum absolute atomic E-state index is 11.1. The molecule has 0 fully saturated rings. The number of thiophene rings is 1. The number of carbonyl (C=O) groups is 1. The molecule has 1 heterocycles. The van der Waals surface area contributed by atoms with Gasteiger partial charge in [-0.2, -0.15) is 0 Å². The van der Waals surface area contributed by atoms with Gasteiger partial charge in [-0.05, 0) is 67.8 Å². The van der Waals surface area contributed by atoms with E-state index in [0.717, 1.165) is 41.7 Å². The van der Waals surface area contributed by atoms with Crippen molar-refractivity contribution in [3.05, 3.63) is 76.7 Å². The van der Waals surface area contributed by atoms with E-state index in [4.69, 9.17) is 4.74 Å². The zero-order chi connectivity index (χ0) is 18.2. The van der Waals surface area contributed by atoms with E-state index in [-0.39, 0.29) is 0 Å². The lowest BCUT2D eigenvalue weighted by molar-refractivity contribution is 0.112. The van der Waals surface area contributed by atoms with Gasteiger partial charge in [0.2, 0.25) is 0 Å². The molecule has 0 aliphatic heterocycles. The lowest BCUT2D eigenvalue weighted by atomic mass is 10.1. The molecule has 2 aromatic carbocycles. The van der Waals surface area contributed by atoms with Crippen molar-refractivity contribution in [2.45, 2.75) is 32.6 Å². The van der Waals surface area contributed by atoms with Crippen LogP contribution in [0.25, 0.3) is 10.4 Å². The van der Waals surface area contributed by atoms with E-state index in [1.54, 1.807) is 11.3 Å². The quantitative estimate of drug-likeness (QED) is 0.328. The summed E-state index contributed by atoms with van der Waals surface area (Å²) in [6.45, 7) is 2.82. The van der Waals surface area contributed by atoms with Crippen LogP contribution in [0.4, 0.5) is 0 Å². The molecule has 3 heteroatoms. The number of unbranched alkanes of at least 4 members (excludes halogenated alkanes) is 2. The molecule has 0 saturated heterocycles.